The third-order valence-corrected chi connectivity index (χ3v) is 16.7. The summed E-state index contributed by atoms with van der Waals surface area (Å²) in [5.41, 5.74) is 26.7. The Hall–Kier alpha value is -5.36. The maximum absolute atomic E-state index is 6.72. The maximum atomic E-state index is 6.72. The number of aromatic amines is 2. The highest BCUT2D eigenvalue weighted by molar-refractivity contribution is 6.36. The normalized spacial score (nSPS) is 19.0. The van der Waals surface area contributed by atoms with Crippen LogP contribution in [0, 0.1) is 0 Å². The highest BCUT2D eigenvalue weighted by Gasteiger charge is 2.38. The van der Waals surface area contributed by atoms with Gasteiger partial charge in [-0.1, -0.05) is 94.9 Å². The lowest BCUT2D eigenvalue weighted by Crippen LogP contribution is -2.24. The molecule has 4 aromatic carbocycles. The summed E-state index contributed by atoms with van der Waals surface area (Å²) in [4.78, 5) is 20.7. The Morgan fingerprint density at radius 2 is 0.603 bits per heavy atom. The zero-order chi connectivity index (χ0) is 45.6. The van der Waals surface area contributed by atoms with Crippen LogP contribution in [0.4, 0.5) is 0 Å². The van der Waals surface area contributed by atoms with Gasteiger partial charge >= 0.3 is 0 Å². The van der Waals surface area contributed by atoms with Crippen LogP contribution in [0.5, 0.6) is 0 Å². The van der Waals surface area contributed by atoms with Crippen LogP contribution in [0.25, 0.3) is 22.3 Å². The van der Waals surface area contributed by atoms with E-state index in [1.54, 1.807) is 0 Å². The van der Waals surface area contributed by atoms with E-state index in [0.29, 0.717) is 0 Å². The van der Waals surface area contributed by atoms with Crippen molar-refractivity contribution in [1.29, 1.82) is 0 Å². The number of hydrogen-bond donors (Lipinski definition) is 2. The number of aromatic nitrogens is 2. The number of hydrogen-bond acceptors (Lipinski definition) is 2. The van der Waals surface area contributed by atoms with Gasteiger partial charge < -0.3 is 9.97 Å². The van der Waals surface area contributed by atoms with Crippen LogP contribution >= 0.6 is 46.4 Å². The highest BCUT2D eigenvalue weighted by atomic mass is 35.5. The first-order chi connectivity index (χ1) is 33.4. The zero-order valence-electron chi connectivity index (χ0n) is 38.0. The molecule has 338 valence electrons. The van der Waals surface area contributed by atoms with Gasteiger partial charge in [-0.05, 0) is 218 Å². The SMILES string of the molecule is Clc1ccc(C2=C3N=C(C4=C3CCCC4)C(c3ccc(Cl)cc3)=c3[nH]c(c4c3CCCC4)=C(c3ccc(Cl)cc3)C3=NC(=C(c4ccc(Cl)cc4)c4[nH]c2c2c4CCCC2)C2=C3CCCC2)cc1. The van der Waals surface area contributed by atoms with Crippen molar-refractivity contribution in [1.82, 2.24) is 9.97 Å². The minimum absolute atomic E-state index is 0.719. The summed E-state index contributed by atoms with van der Waals surface area (Å²) in [5.74, 6) is 0. The van der Waals surface area contributed by atoms with Crippen molar-refractivity contribution in [2.24, 2.45) is 9.98 Å². The molecule has 4 nitrogen and oxygen atoms in total. The highest BCUT2D eigenvalue weighted by Crippen LogP contribution is 2.50. The molecule has 8 bridgehead atoms. The van der Waals surface area contributed by atoms with Crippen molar-refractivity contribution in [2.75, 3.05) is 0 Å². The molecule has 4 heterocycles. The minimum Gasteiger partial charge on any atom is -0.354 e. The van der Waals surface area contributed by atoms with Crippen LogP contribution in [0.2, 0.25) is 20.1 Å². The van der Waals surface area contributed by atoms with Gasteiger partial charge in [0.25, 0.3) is 0 Å². The topological polar surface area (TPSA) is 56.3 Å². The molecule has 0 amide bonds. The van der Waals surface area contributed by atoms with Crippen molar-refractivity contribution in [3.8, 4) is 0 Å². The number of benzene rings is 4. The fourth-order valence-corrected chi connectivity index (χ4v) is 13.1. The number of nitrogens with zero attached hydrogens (tertiary/aromatic N) is 2. The summed E-state index contributed by atoms with van der Waals surface area (Å²) in [6, 6.07) is 33.9. The summed E-state index contributed by atoms with van der Waals surface area (Å²) < 4.78 is 0. The summed E-state index contributed by atoms with van der Waals surface area (Å²) in [5, 5.41) is 5.20. The molecular weight excluding hydrogens is 918 g/mol. The van der Waals surface area contributed by atoms with Crippen molar-refractivity contribution >= 4 is 80.1 Å². The monoisotopic (exact) mass is 966 g/mol. The molecule has 0 saturated heterocycles. The molecule has 2 aliphatic heterocycles. The molecule has 68 heavy (non-hydrogen) atoms. The molecule has 6 aromatic rings. The van der Waals surface area contributed by atoms with E-state index in [1.807, 2.05) is 48.5 Å². The Morgan fingerprint density at radius 3 is 0.956 bits per heavy atom. The molecule has 5 aliphatic carbocycles. The van der Waals surface area contributed by atoms with E-state index in [9.17, 15) is 0 Å². The van der Waals surface area contributed by atoms with E-state index in [4.69, 9.17) is 56.4 Å². The number of rotatable bonds is 4. The first-order valence-corrected chi connectivity index (χ1v) is 26.3. The third-order valence-electron chi connectivity index (χ3n) is 15.6. The van der Waals surface area contributed by atoms with Gasteiger partial charge in [0, 0.05) is 42.4 Å². The average molecular weight is 969 g/mol. The summed E-state index contributed by atoms with van der Waals surface area (Å²) in [6.07, 6.45) is 16.8. The Bertz CT molecular complexity index is 3210. The number of allylic oxidation sites excluding steroid dienone is 4. The summed E-state index contributed by atoms with van der Waals surface area (Å²) in [6.45, 7) is 0. The molecular formula is C60H50Cl4N4. The van der Waals surface area contributed by atoms with Gasteiger partial charge in [-0.3, -0.25) is 0 Å². The lowest BCUT2D eigenvalue weighted by molar-refractivity contribution is 0.685. The van der Waals surface area contributed by atoms with Gasteiger partial charge in [-0.15, -0.1) is 0 Å². The predicted molar refractivity (Wildman–Crippen MR) is 283 cm³/mol. The molecule has 7 aliphatic rings. The van der Waals surface area contributed by atoms with Crippen LogP contribution in [0.15, 0.2) is 141 Å². The lowest BCUT2D eigenvalue weighted by atomic mass is 9.82. The van der Waals surface area contributed by atoms with Gasteiger partial charge in [0.2, 0.25) is 0 Å². The van der Waals surface area contributed by atoms with E-state index in [-0.39, 0.29) is 0 Å². The van der Waals surface area contributed by atoms with Crippen LogP contribution in [-0.2, 0) is 25.7 Å². The largest absolute Gasteiger partial charge is 0.354 e. The van der Waals surface area contributed by atoms with E-state index in [1.165, 1.54) is 44.5 Å². The van der Waals surface area contributed by atoms with E-state index in [0.717, 1.165) is 212 Å². The quantitative estimate of drug-likeness (QED) is 0.177. The predicted octanol–water partition coefficient (Wildman–Crippen LogP) is 15.0. The van der Waals surface area contributed by atoms with E-state index >= 15 is 0 Å². The van der Waals surface area contributed by atoms with Crippen molar-refractivity contribution in [2.45, 2.75) is 103 Å². The second kappa shape index (κ2) is 17.2. The van der Waals surface area contributed by atoms with E-state index < -0.39 is 0 Å². The fraction of sp³-hybridized carbons (Fsp3) is 0.267. The zero-order valence-corrected chi connectivity index (χ0v) is 41.0. The average Bonchev–Trinajstić information content (AvgIpc) is 4.14. The Balaban J connectivity index is 1.28. The molecule has 0 unspecified atom stereocenters. The second-order valence-corrected chi connectivity index (χ2v) is 21.3. The van der Waals surface area contributed by atoms with Crippen LogP contribution in [0.3, 0.4) is 0 Å². The van der Waals surface area contributed by atoms with Crippen molar-refractivity contribution < 1.29 is 0 Å². The molecule has 0 atom stereocenters. The fourth-order valence-electron chi connectivity index (χ4n) is 12.6. The molecule has 0 radical (unpaired) electrons. The van der Waals surface area contributed by atoms with Gasteiger partial charge in [0.1, 0.15) is 0 Å². The molecule has 8 heteroatoms. The molecule has 0 saturated carbocycles. The minimum atomic E-state index is 0.719. The lowest BCUT2D eigenvalue weighted by Gasteiger charge is -2.20. The Labute approximate surface area is 417 Å². The third kappa shape index (κ3) is 7.07. The first kappa shape index (κ1) is 42.7. The second-order valence-electron chi connectivity index (χ2n) is 19.6. The number of halogens is 4. The van der Waals surface area contributed by atoms with E-state index in [2.05, 4.69) is 58.5 Å². The molecule has 13 rings (SSSR count). The molecule has 0 fully saturated rings. The summed E-state index contributed by atoms with van der Waals surface area (Å²) >= 11 is 26.9. The smallest absolute Gasteiger partial charge is 0.0772 e. The standard InChI is InChI=1S/C60H50Cl4N4/c61-37-25-17-33(18-26-37)49-53-41-9-1-2-10-42(41)54(65-53)50(34-19-27-38(62)28-20-34)56-45-13-5-6-14-46(45)58(67-56)52(36-23-31-40(64)32-24-36)60-48-16-8-7-15-47(48)59(68-60)51(35-21-29-39(63)30-22-35)57-44-12-4-3-11-43(44)55(49)66-57/h17-32,65,68H,1-16H2. The number of H-pyrrole nitrogens is 2. The maximum Gasteiger partial charge on any atom is 0.0772 e. The number of aliphatic imine (C=N–C) groups is 2. The van der Waals surface area contributed by atoms with Gasteiger partial charge in [-0.2, -0.15) is 0 Å². The summed E-state index contributed by atoms with van der Waals surface area (Å²) in [7, 11) is 0. The van der Waals surface area contributed by atoms with Crippen molar-refractivity contribution in [3.63, 3.8) is 0 Å². The van der Waals surface area contributed by atoms with Gasteiger partial charge in [0.15, 0.2) is 0 Å². The van der Waals surface area contributed by atoms with Crippen LogP contribution in [0.1, 0.15) is 133 Å². The van der Waals surface area contributed by atoms with Crippen LogP contribution in [-0.4, -0.2) is 21.4 Å². The first-order valence-electron chi connectivity index (χ1n) is 24.8. The molecule has 2 N–H and O–H groups in total. The van der Waals surface area contributed by atoms with Gasteiger partial charge in [0.05, 0.1) is 44.9 Å². The van der Waals surface area contributed by atoms with Gasteiger partial charge in [-0.25, -0.2) is 9.98 Å². The van der Waals surface area contributed by atoms with Crippen molar-refractivity contribution in [3.05, 3.63) is 217 Å². The van der Waals surface area contributed by atoms with Crippen LogP contribution < -0.4 is 10.7 Å². The molecule has 2 aromatic heterocycles. The Kier molecular flexibility index (Phi) is 10.8. The Morgan fingerprint density at radius 1 is 0.309 bits per heavy atom. The molecule has 0 spiro atoms. The number of nitrogens with one attached hydrogen (secondary N) is 2.